The first-order valence-electron chi connectivity index (χ1n) is 15.2. The van der Waals surface area contributed by atoms with Gasteiger partial charge in [0.25, 0.3) is 5.91 Å². The van der Waals surface area contributed by atoms with Crippen molar-refractivity contribution >= 4 is 11.9 Å². The van der Waals surface area contributed by atoms with E-state index < -0.39 is 65.6 Å². The first-order chi connectivity index (χ1) is 20.6. The van der Waals surface area contributed by atoms with Gasteiger partial charge in [-0.05, 0) is 31.4 Å². The van der Waals surface area contributed by atoms with E-state index in [4.69, 9.17) is 18.9 Å². The van der Waals surface area contributed by atoms with Gasteiger partial charge in [0.05, 0.1) is 30.5 Å². The van der Waals surface area contributed by atoms with Gasteiger partial charge in [-0.25, -0.2) is 4.79 Å². The average molecular weight is 620 g/mol. The molecule has 1 saturated carbocycles. The molecule has 12 heteroatoms. The van der Waals surface area contributed by atoms with E-state index in [-0.39, 0.29) is 61.3 Å². The third-order valence-corrected chi connectivity index (χ3v) is 10.7. The Morgan fingerprint density at radius 3 is 2.59 bits per heavy atom. The molecule has 5 rings (SSSR count). The molecule has 6 N–H and O–H groups in total. The van der Waals surface area contributed by atoms with Gasteiger partial charge in [-0.1, -0.05) is 26.0 Å². The fourth-order valence-corrected chi connectivity index (χ4v) is 7.46. The maximum Gasteiger partial charge on any atom is 0.342 e. The number of aliphatic hydroxyl groups excluding tert-OH is 3. The number of benzene rings is 1. The zero-order valence-electron chi connectivity index (χ0n) is 25.9. The molecule has 1 aromatic carbocycles. The number of methoxy groups -OCH3 is 1. The quantitative estimate of drug-likeness (QED) is 0.201. The Hall–Kier alpha value is -2.74. The van der Waals surface area contributed by atoms with Crippen LogP contribution in [0, 0.1) is 24.2 Å². The second kappa shape index (κ2) is 11.9. The molecular weight excluding hydrogens is 574 g/mol. The topological polar surface area (TPSA) is 184 Å². The maximum absolute atomic E-state index is 13.0. The lowest BCUT2D eigenvalue weighted by Gasteiger charge is -2.54. The molecule has 0 bridgehead atoms. The molecular formula is C32H45NO11. The van der Waals surface area contributed by atoms with Gasteiger partial charge in [-0.15, -0.1) is 0 Å². The number of amides is 1. The zero-order valence-corrected chi connectivity index (χ0v) is 25.9. The summed E-state index contributed by atoms with van der Waals surface area (Å²) in [6.07, 6.45) is -4.60. The number of rotatable bonds is 6. The predicted octanol–water partition coefficient (Wildman–Crippen LogP) is 1.60. The molecule has 2 saturated heterocycles. The monoisotopic (exact) mass is 619 g/mol. The molecule has 1 aliphatic carbocycles. The van der Waals surface area contributed by atoms with Crippen molar-refractivity contribution in [1.29, 1.82) is 0 Å². The number of hydrogen-bond donors (Lipinski definition) is 6. The van der Waals surface area contributed by atoms with E-state index >= 15 is 0 Å². The molecule has 244 valence electrons. The number of esters is 1. The molecule has 1 amide bonds. The minimum atomic E-state index is -1.63. The number of cyclic esters (lactones) is 1. The van der Waals surface area contributed by atoms with Crippen LogP contribution in [0.15, 0.2) is 18.2 Å². The summed E-state index contributed by atoms with van der Waals surface area (Å²) in [4.78, 5) is 25.9. The first-order valence-corrected chi connectivity index (χ1v) is 15.2. The van der Waals surface area contributed by atoms with Crippen LogP contribution in [0.3, 0.4) is 0 Å². The summed E-state index contributed by atoms with van der Waals surface area (Å²) in [7, 11) is 1.37. The zero-order chi connectivity index (χ0) is 32.3. The van der Waals surface area contributed by atoms with Crippen LogP contribution >= 0.6 is 0 Å². The van der Waals surface area contributed by atoms with Gasteiger partial charge in [0, 0.05) is 62.7 Å². The normalized spacial score (nSPS) is 39.5. The fraction of sp³-hybridized carbons (Fsp3) is 0.688. The number of carbonyl (C=O) groups excluding carboxylic acids is 2. The molecule has 1 aromatic rings. The lowest BCUT2D eigenvalue weighted by Crippen LogP contribution is -2.62. The van der Waals surface area contributed by atoms with Crippen LogP contribution in [0.5, 0.6) is 11.5 Å². The molecule has 44 heavy (non-hydrogen) atoms. The average Bonchev–Trinajstić information content (AvgIpc) is 2.97. The number of carbonyl (C=O) groups is 2. The van der Waals surface area contributed by atoms with Gasteiger partial charge in [-0.2, -0.15) is 0 Å². The first kappa shape index (κ1) is 32.6. The highest BCUT2D eigenvalue weighted by Crippen LogP contribution is 2.50. The number of nitrogens with one attached hydrogen (secondary N) is 1. The second-order valence-corrected chi connectivity index (χ2v) is 13.3. The van der Waals surface area contributed by atoms with E-state index in [2.05, 4.69) is 11.9 Å². The summed E-state index contributed by atoms with van der Waals surface area (Å²) in [5, 5.41) is 56.7. The number of ether oxygens (including phenoxy) is 4. The summed E-state index contributed by atoms with van der Waals surface area (Å²) in [5.74, 6) is -3.98. The molecule has 0 spiro atoms. The Labute approximate surface area is 257 Å². The highest BCUT2D eigenvalue weighted by atomic mass is 16.7. The SMILES string of the molecule is C=C1C[C@](OC)([C@H](O)C(=O)NC[C@@H]2C[C@@H](O)C3(C)C[C@@H]([C@H]4Cc5c(C)c(O)cc(O)c5C(=O)O4)[C@@H](O)C[C@H]3O2)O[C@H](C)[C@@H]1C. The van der Waals surface area contributed by atoms with Gasteiger partial charge in [0.15, 0.2) is 6.10 Å². The Bertz CT molecular complexity index is 1320. The molecule has 1 unspecified atom stereocenters. The van der Waals surface area contributed by atoms with Crippen molar-refractivity contribution in [2.24, 2.45) is 17.3 Å². The van der Waals surface area contributed by atoms with E-state index in [0.717, 1.165) is 11.6 Å². The van der Waals surface area contributed by atoms with Crippen LogP contribution in [0.4, 0.5) is 0 Å². The molecule has 11 atom stereocenters. The number of aliphatic hydroxyl groups is 3. The van der Waals surface area contributed by atoms with Crippen molar-refractivity contribution < 1.29 is 54.1 Å². The number of phenolic OH excluding ortho intramolecular Hbond substituents is 2. The van der Waals surface area contributed by atoms with E-state index in [1.54, 1.807) is 6.92 Å². The Balaban J connectivity index is 1.23. The predicted molar refractivity (Wildman–Crippen MR) is 156 cm³/mol. The molecule has 3 heterocycles. The summed E-state index contributed by atoms with van der Waals surface area (Å²) >= 11 is 0. The number of hydrogen-bond acceptors (Lipinski definition) is 11. The third kappa shape index (κ3) is 5.50. The minimum absolute atomic E-state index is 0.00897. The van der Waals surface area contributed by atoms with E-state index in [9.17, 15) is 35.1 Å². The smallest absolute Gasteiger partial charge is 0.342 e. The maximum atomic E-state index is 13.0. The number of aromatic hydroxyl groups is 2. The third-order valence-electron chi connectivity index (χ3n) is 10.7. The van der Waals surface area contributed by atoms with Crippen molar-refractivity contribution in [2.75, 3.05) is 13.7 Å². The highest BCUT2D eigenvalue weighted by molar-refractivity contribution is 5.96. The molecule has 4 aliphatic rings. The summed E-state index contributed by atoms with van der Waals surface area (Å²) in [6.45, 7) is 11.4. The minimum Gasteiger partial charge on any atom is -0.508 e. The molecule has 3 aliphatic heterocycles. The van der Waals surface area contributed by atoms with Crippen molar-refractivity contribution in [1.82, 2.24) is 5.32 Å². The van der Waals surface area contributed by atoms with Crippen LogP contribution in [-0.4, -0.2) is 99.6 Å². The van der Waals surface area contributed by atoms with Crippen LogP contribution < -0.4 is 5.32 Å². The highest BCUT2D eigenvalue weighted by Gasteiger charge is 2.56. The Kier molecular flexibility index (Phi) is 8.82. The van der Waals surface area contributed by atoms with Crippen molar-refractivity contribution in [3.63, 3.8) is 0 Å². The Morgan fingerprint density at radius 1 is 1.23 bits per heavy atom. The second-order valence-electron chi connectivity index (χ2n) is 13.3. The van der Waals surface area contributed by atoms with Crippen LogP contribution in [0.2, 0.25) is 0 Å². The standard InChI is InChI=1S/C32H45NO11/c1-14-11-32(41-6,44-17(4)15(14)2)28(38)29(39)33-13-18-7-25(37)31(5)12-20(22(35)10-26(31)42-18)24-8-19-16(3)21(34)9-23(36)27(19)30(40)43-24/h9,15,17-18,20,22,24-26,28,34-38H,1,7-8,10-13H2,2-6H3,(H,33,39)/t15-,17-,18+,20-,22+,24-,25-,26-,28-,31?,32-/m1/s1. The molecule has 0 radical (unpaired) electrons. The van der Waals surface area contributed by atoms with Gasteiger partial charge in [0.2, 0.25) is 5.79 Å². The van der Waals surface area contributed by atoms with Crippen LogP contribution in [-0.2, 0) is 30.2 Å². The van der Waals surface area contributed by atoms with Crippen molar-refractivity contribution in [2.45, 2.75) is 108 Å². The number of fused-ring (bicyclic) bond motifs is 2. The van der Waals surface area contributed by atoms with E-state index in [0.29, 0.717) is 17.5 Å². The summed E-state index contributed by atoms with van der Waals surface area (Å²) in [6, 6.07) is 1.11. The molecule has 3 fully saturated rings. The van der Waals surface area contributed by atoms with Gasteiger partial charge in [-0.3, -0.25) is 4.79 Å². The molecule has 12 nitrogen and oxygen atoms in total. The van der Waals surface area contributed by atoms with Crippen LogP contribution in [0.1, 0.15) is 67.9 Å². The Morgan fingerprint density at radius 2 is 1.93 bits per heavy atom. The van der Waals surface area contributed by atoms with Crippen molar-refractivity contribution in [3.8, 4) is 11.5 Å². The summed E-state index contributed by atoms with van der Waals surface area (Å²) < 4.78 is 23.5. The fourth-order valence-electron chi connectivity index (χ4n) is 7.46. The lowest BCUT2D eigenvalue weighted by molar-refractivity contribution is -0.297. The summed E-state index contributed by atoms with van der Waals surface area (Å²) in [5.41, 5.74) is 0.982. The number of phenols is 2. The van der Waals surface area contributed by atoms with Crippen molar-refractivity contribution in [3.05, 3.63) is 34.9 Å². The van der Waals surface area contributed by atoms with E-state index in [1.165, 1.54) is 7.11 Å². The van der Waals surface area contributed by atoms with Crippen LogP contribution in [0.25, 0.3) is 0 Å². The molecule has 0 aromatic heterocycles. The van der Waals surface area contributed by atoms with E-state index in [1.807, 2.05) is 20.8 Å². The van der Waals surface area contributed by atoms with Gasteiger partial charge in [0.1, 0.15) is 23.2 Å². The largest absolute Gasteiger partial charge is 0.508 e. The van der Waals surface area contributed by atoms with Gasteiger partial charge < -0.3 is 49.8 Å². The van der Waals surface area contributed by atoms with Gasteiger partial charge >= 0.3 is 5.97 Å². The lowest BCUT2D eigenvalue weighted by atomic mass is 9.61.